The summed E-state index contributed by atoms with van der Waals surface area (Å²) in [4.78, 5) is 0.282. The van der Waals surface area contributed by atoms with Crippen LogP contribution in [0.3, 0.4) is 0 Å². The van der Waals surface area contributed by atoms with Gasteiger partial charge in [-0.05, 0) is 30.2 Å². The maximum Gasteiger partial charge on any atom is 0.175 e. The summed E-state index contributed by atoms with van der Waals surface area (Å²) in [6.45, 7) is 1.77. The fraction of sp³-hybridized carbons (Fsp3) is 0.200. The van der Waals surface area contributed by atoms with Gasteiger partial charge >= 0.3 is 0 Å². The van der Waals surface area contributed by atoms with Crippen LogP contribution in [0.25, 0.3) is 5.57 Å². The lowest BCUT2D eigenvalue weighted by atomic mass is 10.1. The maximum atomic E-state index is 11.2. The number of allylic oxidation sites excluding steroid dienone is 1. The molecule has 0 radical (unpaired) electrons. The van der Waals surface area contributed by atoms with E-state index in [4.69, 9.17) is 23.2 Å². The first-order valence-corrected chi connectivity index (χ1v) is 6.79. The molecule has 0 saturated heterocycles. The Morgan fingerprint density at radius 3 is 1.93 bits per heavy atom. The summed E-state index contributed by atoms with van der Waals surface area (Å²) in [5, 5.41) is 0. The summed E-state index contributed by atoms with van der Waals surface area (Å²) < 4.78 is 22.6. The van der Waals surface area contributed by atoms with Gasteiger partial charge in [0.1, 0.15) is 4.49 Å². The molecule has 1 rings (SSSR count). The molecule has 0 atom stereocenters. The van der Waals surface area contributed by atoms with Crippen LogP contribution < -0.4 is 0 Å². The largest absolute Gasteiger partial charge is 0.224 e. The topological polar surface area (TPSA) is 34.1 Å². The van der Waals surface area contributed by atoms with Gasteiger partial charge in [0.15, 0.2) is 9.84 Å². The summed E-state index contributed by atoms with van der Waals surface area (Å²) in [5.41, 5.74) is 1.53. The average molecular weight is 265 g/mol. The van der Waals surface area contributed by atoms with Crippen LogP contribution in [0.15, 0.2) is 33.7 Å². The molecule has 0 aliphatic heterocycles. The third-order valence-electron chi connectivity index (χ3n) is 2.00. The smallest absolute Gasteiger partial charge is 0.175 e. The van der Waals surface area contributed by atoms with E-state index in [-0.39, 0.29) is 9.39 Å². The minimum absolute atomic E-state index is 0.183. The summed E-state index contributed by atoms with van der Waals surface area (Å²) in [6, 6.07) is 6.42. The van der Waals surface area contributed by atoms with Crippen LogP contribution in [0.5, 0.6) is 0 Å². The molecule has 2 nitrogen and oxygen atoms in total. The molecule has 0 saturated carbocycles. The molecule has 0 aliphatic carbocycles. The van der Waals surface area contributed by atoms with Gasteiger partial charge in [-0.2, -0.15) is 0 Å². The van der Waals surface area contributed by atoms with E-state index >= 15 is 0 Å². The van der Waals surface area contributed by atoms with E-state index in [1.807, 2.05) is 0 Å². The van der Waals surface area contributed by atoms with E-state index in [9.17, 15) is 8.42 Å². The highest BCUT2D eigenvalue weighted by Gasteiger charge is 2.07. The summed E-state index contributed by atoms with van der Waals surface area (Å²) in [7, 11) is -3.15. The van der Waals surface area contributed by atoms with Crippen LogP contribution in [0.4, 0.5) is 0 Å². The van der Waals surface area contributed by atoms with Gasteiger partial charge in [0, 0.05) is 6.26 Å². The molecule has 0 N–H and O–H groups in total. The minimum Gasteiger partial charge on any atom is -0.224 e. The first kappa shape index (κ1) is 12.6. The van der Waals surface area contributed by atoms with E-state index in [0.29, 0.717) is 0 Å². The number of rotatable bonds is 2. The van der Waals surface area contributed by atoms with Crippen molar-refractivity contribution < 1.29 is 8.42 Å². The van der Waals surface area contributed by atoms with Crippen molar-refractivity contribution in [3.8, 4) is 0 Å². The van der Waals surface area contributed by atoms with Crippen molar-refractivity contribution in [2.45, 2.75) is 11.8 Å². The molecule has 0 heterocycles. The highest BCUT2D eigenvalue weighted by atomic mass is 35.5. The molecule has 0 aromatic heterocycles. The van der Waals surface area contributed by atoms with E-state index in [1.54, 1.807) is 19.1 Å². The van der Waals surface area contributed by atoms with Crippen LogP contribution in [-0.2, 0) is 9.84 Å². The molecule has 0 amide bonds. The fourth-order valence-corrected chi connectivity index (χ4v) is 1.91. The van der Waals surface area contributed by atoms with Crippen molar-refractivity contribution in [1.82, 2.24) is 0 Å². The first-order valence-electron chi connectivity index (χ1n) is 4.15. The van der Waals surface area contributed by atoms with Crippen LogP contribution in [0, 0.1) is 0 Å². The fourth-order valence-electron chi connectivity index (χ4n) is 1.06. The Hall–Kier alpha value is -0.510. The molecule has 1 aromatic rings. The lowest BCUT2D eigenvalue weighted by Gasteiger charge is -2.03. The third kappa shape index (κ3) is 3.23. The zero-order valence-corrected chi connectivity index (χ0v) is 10.6. The lowest BCUT2D eigenvalue weighted by molar-refractivity contribution is 0.602. The zero-order valence-electron chi connectivity index (χ0n) is 8.29. The van der Waals surface area contributed by atoms with Gasteiger partial charge in [-0.25, -0.2) is 8.42 Å². The first-order chi connectivity index (χ1) is 6.82. The molecule has 0 bridgehead atoms. The molecular weight excluding hydrogens is 255 g/mol. The quantitative estimate of drug-likeness (QED) is 0.822. The number of hydrogen-bond donors (Lipinski definition) is 0. The standard InChI is InChI=1S/C10H10Cl2O2S/c1-7(10(11)12)8-3-5-9(6-4-8)15(2,13)14/h3-6H,1-2H3. The average Bonchev–Trinajstić information content (AvgIpc) is 2.15. The van der Waals surface area contributed by atoms with Crippen LogP contribution in [0.1, 0.15) is 12.5 Å². The molecule has 15 heavy (non-hydrogen) atoms. The van der Waals surface area contributed by atoms with Gasteiger partial charge < -0.3 is 0 Å². The Labute approximate surface area is 99.4 Å². The Balaban J connectivity index is 3.18. The van der Waals surface area contributed by atoms with Gasteiger partial charge in [0.05, 0.1) is 4.90 Å². The second-order valence-corrected chi connectivity index (χ2v) is 6.15. The predicted molar refractivity (Wildman–Crippen MR) is 63.9 cm³/mol. The molecule has 1 aromatic carbocycles. The van der Waals surface area contributed by atoms with E-state index in [2.05, 4.69) is 0 Å². The van der Waals surface area contributed by atoms with Gasteiger partial charge in [-0.3, -0.25) is 0 Å². The molecule has 0 spiro atoms. The minimum atomic E-state index is -3.15. The number of hydrogen-bond acceptors (Lipinski definition) is 2. The molecule has 0 fully saturated rings. The Bertz CT molecular complexity index is 483. The predicted octanol–water partition coefficient (Wildman–Crippen LogP) is 3.26. The number of halogens is 2. The highest BCUT2D eigenvalue weighted by molar-refractivity contribution is 7.90. The number of benzene rings is 1. The van der Waals surface area contributed by atoms with Gasteiger partial charge in [-0.15, -0.1) is 0 Å². The van der Waals surface area contributed by atoms with Crippen LogP contribution in [0.2, 0.25) is 0 Å². The second-order valence-electron chi connectivity index (χ2n) is 3.18. The molecule has 82 valence electrons. The number of sulfone groups is 1. The van der Waals surface area contributed by atoms with Crippen molar-refractivity contribution in [3.05, 3.63) is 34.3 Å². The van der Waals surface area contributed by atoms with Gasteiger partial charge in [-0.1, -0.05) is 35.3 Å². The molecule has 5 heteroatoms. The van der Waals surface area contributed by atoms with E-state index in [0.717, 1.165) is 11.1 Å². The van der Waals surface area contributed by atoms with Crippen molar-refractivity contribution in [3.63, 3.8) is 0 Å². The third-order valence-corrected chi connectivity index (χ3v) is 3.69. The Morgan fingerprint density at radius 2 is 1.60 bits per heavy atom. The molecule has 0 unspecified atom stereocenters. The van der Waals surface area contributed by atoms with E-state index in [1.165, 1.54) is 18.4 Å². The summed E-state index contributed by atoms with van der Waals surface area (Å²) in [6.07, 6.45) is 1.17. The van der Waals surface area contributed by atoms with E-state index < -0.39 is 9.84 Å². The second kappa shape index (κ2) is 4.56. The van der Waals surface area contributed by atoms with Crippen LogP contribution in [-0.4, -0.2) is 14.7 Å². The Morgan fingerprint density at radius 1 is 1.13 bits per heavy atom. The normalized spacial score (nSPS) is 11.2. The van der Waals surface area contributed by atoms with Crippen molar-refractivity contribution in [1.29, 1.82) is 0 Å². The van der Waals surface area contributed by atoms with Crippen LogP contribution >= 0.6 is 23.2 Å². The lowest BCUT2D eigenvalue weighted by Crippen LogP contribution is -1.96. The SMILES string of the molecule is CC(=C(Cl)Cl)c1ccc(S(C)(=O)=O)cc1. The molecular formula is C10H10Cl2O2S. The van der Waals surface area contributed by atoms with Gasteiger partial charge in [0.2, 0.25) is 0 Å². The van der Waals surface area contributed by atoms with Crippen molar-refractivity contribution in [2.24, 2.45) is 0 Å². The molecule has 0 aliphatic rings. The Kier molecular flexibility index (Phi) is 3.82. The zero-order chi connectivity index (χ0) is 11.6. The van der Waals surface area contributed by atoms with Crippen molar-refractivity contribution >= 4 is 38.6 Å². The maximum absolute atomic E-state index is 11.2. The summed E-state index contributed by atoms with van der Waals surface area (Å²) >= 11 is 11.2. The summed E-state index contributed by atoms with van der Waals surface area (Å²) in [5.74, 6) is 0. The highest BCUT2D eigenvalue weighted by Crippen LogP contribution is 2.24. The monoisotopic (exact) mass is 264 g/mol. The van der Waals surface area contributed by atoms with Gasteiger partial charge in [0.25, 0.3) is 0 Å². The van der Waals surface area contributed by atoms with Crippen molar-refractivity contribution in [2.75, 3.05) is 6.26 Å².